The van der Waals surface area contributed by atoms with Crippen molar-refractivity contribution in [2.24, 2.45) is 0 Å². The van der Waals surface area contributed by atoms with Gasteiger partial charge in [0.1, 0.15) is 0 Å². The first-order valence-corrected chi connectivity index (χ1v) is 6.89. The lowest BCUT2D eigenvalue weighted by Crippen LogP contribution is -1.92. The van der Waals surface area contributed by atoms with Gasteiger partial charge in [-0.1, -0.05) is 56.3 Å². The van der Waals surface area contributed by atoms with E-state index in [1.165, 1.54) is 22.3 Å². The average Bonchev–Trinajstić information content (AvgIpc) is 2.47. The first-order chi connectivity index (χ1) is 9.26. The van der Waals surface area contributed by atoms with Crippen LogP contribution in [0.3, 0.4) is 0 Å². The van der Waals surface area contributed by atoms with E-state index in [2.05, 4.69) is 56.3 Å². The van der Waals surface area contributed by atoms with Gasteiger partial charge >= 0.3 is 0 Å². The third kappa shape index (κ3) is 3.05. The molecule has 0 saturated heterocycles. The van der Waals surface area contributed by atoms with E-state index in [1.807, 2.05) is 12.1 Å². The van der Waals surface area contributed by atoms with Crippen LogP contribution in [-0.4, -0.2) is 0 Å². The molecule has 0 radical (unpaired) electrons. The van der Waals surface area contributed by atoms with E-state index >= 15 is 0 Å². The minimum Gasteiger partial charge on any atom is -0.399 e. The third-order valence-electron chi connectivity index (χ3n) is 3.45. The lowest BCUT2D eigenvalue weighted by atomic mass is 9.91. The Bertz CT molecular complexity index is 550. The number of allylic oxidation sites excluding steroid dienone is 2. The molecule has 0 fully saturated rings. The molecule has 2 aromatic rings. The maximum absolute atomic E-state index is 5.77. The monoisotopic (exact) mass is 251 g/mol. The van der Waals surface area contributed by atoms with E-state index < -0.39 is 0 Å². The molecule has 0 saturated carbocycles. The number of anilines is 1. The summed E-state index contributed by atoms with van der Waals surface area (Å²) in [5, 5.41) is 0. The van der Waals surface area contributed by atoms with Gasteiger partial charge in [0.2, 0.25) is 0 Å². The fourth-order valence-electron chi connectivity index (χ4n) is 2.51. The second-order valence-electron chi connectivity index (χ2n) is 4.65. The van der Waals surface area contributed by atoms with Crippen molar-refractivity contribution in [2.75, 3.05) is 5.73 Å². The van der Waals surface area contributed by atoms with Crippen molar-refractivity contribution < 1.29 is 0 Å². The molecule has 0 aliphatic heterocycles. The van der Waals surface area contributed by atoms with E-state index in [9.17, 15) is 0 Å². The van der Waals surface area contributed by atoms with Gasteiger partial charge in [-0.05, 0) is 47.2 Å². The van der Waals surface area contributed by atoms with Crippen LogP contribution in [0.2, 0.25) is 0 Å². The molecular formula is C18H21N. The summed E-state index contributed by atoms with van der Waals surface area (Å²) in [5.74, 6) is 0. The molecule has 0 aromatic heterocycles. The SMILES string of the molecule is CC/C(=C(\CC)c1ccc(N)cc1)c1ccccc1. The smallest absolute Gasteiger partial charge is 0.0314 e. The van der Waals surface area contributed by atoms with Crippen LogP contribution in [0.1, 0.15) is 37.8 Å². The topological polar surface area (TPSA) is 26.0 Å². The number of benzene rings is 2. The summed E-state index contributed by atoms with van der Waals surface area (Å²) < 4.78 is 0. The Morgan fingerprint density at radius 1 is 0.737 bits per heavy atom. The Balaban J connectivity index is 2.53. The summed E-state index contributed by atoms with van der Waals surface area (Å²) in [5.41, 5.74) is 12.0. The zero-order valence-electron chi connectivity index (χ0n) is 11.7. The molecule has 2 rings (SSSR count). The molecule has 0 atom stereocenters. The second kappa shape index (κ2) is 6.24. The molecule has 2 N–H and O–H groups in total. The van der Waals surface area contributed by atoms with Crippen LogP contribution < -0.4 is 5.73 Å². The lowest BCUT2D eigenvalue weighted by molar-refractivity contribution is 1.18. The molecule has 0 aliphatic rings. The van der Waals surface area contributed by atoms with E-state index in [4.69, 9.17) is 5.73 Å². The Kier molecular flexibility index (Phi) is 4.40. The van der Waals surface area contributed by atoms with Gasteiger partial charge in [0.15, 0.2) is 0 Å². The first kappa shape index (κ1) is 13.4. The minimum absolute atomic E-state index is 0.817. The first-order valence-electron chi connectivity index (χ1n) is 6.89. The summed E-state index contributed by atoms with van der Waals surface area (Å²) in [6.45, 7) is 4.43. The molecule has 1 nitrogen and oxygen atoms in total. The fraction of sp³-hybridized carbons (Fsp3) is 0.222. The fourth-order valence-corrected chi connectivity index (χ4v) is 2.51. The molecular weight excluding hydrogens is 230 g/mol. The second-order valence-corrected chi connectivity index (χ2v) is 4.65. The van der Waals surface area contributed by atoms with Gasteiger partial charge in [-0.2, -0.15) is 0 Å². The van der Waals surface area contributed by atoms with E-state index in [1.54, 1.807) is 0 Å². The highest BCUT2D eigenvalue weighted by Crippen LogP contribution is 2.31. The van der Waals surface area contributed by atoms with Gasteiger partial charge in [-0.3, -0.25) is 0 Å². The van der Waals surface area contributed by atoms with Crippen LogP contribution in [0, 0.1) is 0 Å². The predicted molar refractivity (Wildman–Crippen MR) is 84.7 cm³/mol. The van der Waals surface area contributed by atoms with Gasteiger partial charge < -0.3 is 5.73 Å². The quantitative estimate of drug-likeness (QED) is 0.600. The van der Waals surface area contributed by atoms with Crippen molar-refractivity contribution >= 4 is 16.8 Å². The number of nitrogen functional groups attached to an aromatic ring is 1. The van der Waals surface area contributed by atoms with Crippen molar-refractivity contribution in [1.29, 1.82) is 0 Å². The Morgan fingerprint density at radius 3 is 1.68 bits per heavy atom. The van der Waals surface area contributed by atoms with Crippen molar-refractivity contribution in [2.45, 2.75) is 26.7 Å². The summed E-state index contributed by atoms with van der Waals surface area (Å²) in [4.78, 5) is 0. The van der Waals surface area contributed by atoms with Gasteiger partial charge in [0, 0.05) is 5.69 Å². The third-order valence-corrected chi connectivity index (χ3v) is 3.45. The highest BCUT2D eigenvalue weighted by atomic mass is 14.5. The van der Waals surface area contributed by atoms with E-state index in [0.717, 1.165) is 18.5 Å². The molecule has 0 aliphatic carbocycles. The maximum atomic E-state index is 5.77. The van der Waals surface area contributed by atoms with Crippen LogP contribution in [0.5, 0.6) is 0 Å². The summed E-state index contributed by atoms with van der Waals surface area (Å²) in [6, 6.07) is 18.8. The van der Waals surface area contributed by atoms with Crippen LogP contribution >= 0.6 is 0 Å². The molecule has 0 heterocycles. The maximum Gasteiger partial charge on any atom is 0.0314 e. The van der Waals surface area contributed by atoms with Gasteiger partial charge in [-0.15, -0.1) is 0 Å². The van der Waals surface area contributed by atoms with Crippen LogP contribution in [0.25, 0.3) is 11.1 Å². The summed E-state index contributed by atoms with van der Waals surface area (Å²) >= 11 is 0. The molecule has 2 aromatic carbocycles. The normalized spacial score (nSPS) is 12.1. The molecule has 0 amide bonds. The molecule has 19 heavy (non-hydrogen) atoms. The largest absolute Gasteiger partial charge is 0.399 e. The Hall–Kier alpha value is -2.02. The molecule has 98 valence electrons. The Labute approximate surface area is 115 Å². The number of hydrogen-bond donors (Lipinski definition) is 1. The van der Waals surface area contributed by atoms with Gasteiger partial charge in [-0.25, -0.2) is 0 Å². The van der Waals surface area contributed by atoms with E-state index in [-0.39, 0.29) is 0 Å². The van der Waals surface area contributed by atoms with Gasteiger partial charge in [0.05, 0.1) is 0 Å². The Morgan fingerprint density at radius 2 is 1.21 bits per heavy atom. The average molecular weight is 251 g/mol. The summed E-state index contributed by atoms with van der Waals surface area (Å²) in [6.07, 6.45) is 2.07. The minimum atomic E-state index is 0.817. The molecule has 0 bridgehead atoms. The van der Waals surface area contributed by atoms with Crippen LogP contribution in [0.15, 0.2) is 54.6 Å². The van der Waals surface area contributed by atoms with Crippen LogP contribution in [-0.2, 0) is 0 Å². The van der Waals surface area contributed by atoms with Crippen molar-refractivity contribution in [3.8, 4) is 0 Å². The molecule has 1 heteroatoms. The number of hydrogen-bond acceptors (Lipinski definition) is 1. The summed E-state index contributed by atoms with van der Waals surface area (Å²) in [7, 11) is 0. The van der Waals surface area contributed by atoms with Crippen molar-refractivity contribution in [3.63, 3.8) is 0 Å². The highest BCUT2D eigenvalue weighted by Gasteiger charge is 2.08. The predicted octanol–water partition coefficient (Wildman–Crippen LogP) is 5.00. The van der Waals surface area contributed by atoms with Crippen LogP contribution in [0.4, 0.5) is 5.69 Å². The zero-order valence-corrected chi connectivity index (χ0v) is 11.7. The molecule has 0 unspecified atom stereocenters. The van der Waals surface area contributed by atoms with Crippen molar-refractivity contribution in [3.05, 3.63) is 65.7 Å². The molecule has 0 spiro atoms. The van der Waals surface area contributed by atoms with Crippen molar-refractivity contribution in [1.82, 2.24) is 0 Å². The number of rotatable bonds is 4. The lowest BCUT2D eigenvalue weighted by Gasteiger charge is -2.14. The highest BCUT2D eigenvalue weighted by molar-refractivity contribution is 5.90. The number of nitrogens with two attached hydrogens (primary N) is 1. The standard InChI is InChI=1S/C18H21N/c1-3-17(14-8-6-5-7-9-14)18(4-2)15-10-12-16(19)13-11-15/h5-13H,3-4,19H2,1-2H3/b18-17-. The zero-order chi connectivity index (χ0) is 13.7. The van der Waals surface area contributed by atoms with E-state index in [0.29, 0.717) is 0 Å². The van der Waals surface area contributed by atoms with Gasteiger partial charge in [0.25, 0.3) is 0 Å².